The number of para-hydroxylation sites is 3. The summed E-state index contributed by atoms with van der Waals surface area (Å²) in [6.07, 6.45) is 0. The number of aromatic nitrogens is 1. The SMILES string of the molecule is C[N+]1(C)c2ccccc2-c2ccc3c4ccccc4n(-c4ccccc4)c3c21. The maximum absolute atomic E-state index is 2.44. The molecular formula is C26H21N2+. The summed E-state index contributed by atoms with van der Waals surface area (Å²) in [4.78, 5) is 0. The van der Waals surface area contributed by atoms with Gasteiger partial charge in [-0.25, -0.2) is 0 Å². The second-order valence-electron chi connectivity index (χ2n) is 8.02. The molecule has 134 valence electrons. The molecule has 0 N–H and O–H groups in total. The maximum Gasteiger partial charge on any atom is 0.170 e. The molecule has 0 bridgehead atoms. The van der Waals surface area contributed by atoms with Crippen LogP contribution in [-0.4, -0.2) is 18.7 Å². The molecule has 0 fully saturated rings. The normalized spacial score (nSPS) is 14.4. The highest BCUT2D eigenvalue weighted by atomic mass is 15.3. The van der Waals surface area contributed by atoms with Gasteiger partial charge >= 0.3 is 0 Å². The number of quaternary nitrogens is 1. The molecule has 0 unspecified atom stereocenters. The molecule has 4 aromatic carbocycles. The van der Waals surface area contributed by atoms with E-state index in [0.717, 1.165) is 4.48 Å². The van der Waals surface area contributed by atoms with E-state index in [1.165, 1.54) is 50.0 Å². The van der Waals surface area contributed by atoms with E-state index in [1.807, 2.05) is 0 Å². The summed E-state index contributed by atoms with van der Waals surface area (Å²) in [7, 11) is 4.61. The Hall–Kier alpha value is -3.36. The lowest BCUT2D eigenvalue weighted by atomic mass is 10.0. The van der Waals surface area contributed by atoms with Crippen molar-refractivity contribution in [1.29, 1.82) is 0 Å². The zero-order chi connectivity index (χ0) is 18.9. The van der Waals surface area contributed by atoms with E-state index in [2.05, 4.69) is 110 Å². The van der Waals surface area contributed by atoms with E-state index in [4.69, 9.17) is 0 Å². The molecule has 1 aromatic heterocycles. The largest absolute Gasteiger partial charge is 0.304 e. The third-order valence-corrected chi connectivity index (χ3v) is 6.18. The van der Waals surface area contributed by atoms with E-state index in [1.54, 1.807) is 0 Å². The number of nitrogens with zero attached hydrogens (tertiary/aromatic N) is 2. The molecule has 0 saturated heterocycles. The monoisotopic (exact) mass is 361 g/mol. The number of fused-ring (bicyclic) bond motifs is 7. The summed E-state index contributed by atoms with van der Waals surface area (Å²) >= 11 is 0. The van der Waals surface area contributed by atoms with Crippen molar-refractivity contribution in [2.24, 2.45) is 0 Å². The fourth-order valence-corrected chi connectivity index (χ4v) is 4.98. The van der Waals surface area contributed by atoms with E-state index in [0.29, 0.717) is 0 Å². The van der Waals surface area contributed by atoms with Crippen molar-refractivity contribution in [3.8, 4) is 16.8 Å². The molecule has 2 nitrogen and oxygen atoms in total. The molecule has 2 heteroatoms. The molecule has 28 heavy (non-hydrogen) atoms. The first-order valence-electron chi connectivity index (χ1n) is 9.74. The van der Waals surface area contributed by atoms with E-state index >= 15 is 0 Å². The number of rotatable bonds is 1. The van der Waals surface area contributed by atoms with Gasteiger partial charge in [0.2, 0.25) is 0 Å². The summed E-state index contributed by atoms with van der Waals surface area (Å²) in [5.41, 5.74) is 9.19. The van der Waals surface area contributed by atoms with Crippen molar-refractivity contribution in [1.82, 2.24) is 9.05 Å². The highest BCUT2D eigenvalue weighted by Gasteiger charge is 2.40. The van der Waals surface area contributed by atoms with Crippen molar-refractivity contribution >= 4 is 33.2 Å². The predicted molar refractivity (Wildman–Crippen MR) is 120 cm³/mol. The molecule has 0 atom stereocenters. The summed E-state index contributed by atoms with van der Waals surface area (Å²) < 4.78 is 3.20. The van der Waals surface area contributed by atoms with Gasteiger partial charge in [0.1, 0.15) is 11.2 Å². The number of hydrogen-bond donors (Lipinski definition) is 0. The Kier molecular flexibility index (Phi) is 2.99. The minimum Gasteiger partial charge on any atom is -0.304 e. The Bertz CT molecular complexity index is 1370. The first-order valence-corrected chi connectivity index (χ1v) is 9.74. The van der Waals surface area contributed by atoms with Gasteiger partial charge in [0, 0.05) is 28.1 Å². The van der Waals surface area contributed by atoms with Gasteiger partial charge in [-0.2, -0.15) is 0 Å². The molecule has 6 rings (SSSR count). The van der Waals surface area contributed by atoms with Gasteiger partial charge in [-0.1, -0.05) is 54.6 Å². The van der Waals surface area contributed by atoms with Crippen molar-refractivity contribution in [2.75, 3.05) is 14.1 Å². The van der Waals surface area contributed by atoms with Crippen LogP contribution in [0.5, 0.6) is 0 Å². The molecule has 0 aliphatic carbocycles. The van der Waals surface area contributed by atoms with Gasteiger partial charge in [-0.05, 0) is 30.3 Å². The molecule has 0 spiro atoms. The average Bonchev–Trinajstić information content (AvgIpc) is 3.19. The van der Waals surface area contributed by atoms with Crippen LogP contribution in [0.4, 0.5) is 11.4 Å². The van der Waals surface area contributed by atoms with Gasteiger partial charge in [0.25, 0.3) is 0 Å². The van der Waals surface area contributed by atoms with Crippen LogP contribution < -0.4 is 4.48 Å². The van der Waals surface area contributed by atoms with Crippen LogP contribution in [0.15, 0.2) is 91.0 Å². The summed E-state index contributed by atoms with van der Waals surface area (Å²) in [6.45, 7) is 0. The highest BCUT2D eigenvalue weighted by molar-refractivity contribution is 6.17. The van der Waals surface area contributed by atoms with Crippen molar-refractivity contribution in [3.63, 3.8) is 0 Å². The maximum atomic E-state index is 2.44. The van der Waals surface area contributed by atoms with E-state index in [9.17, 15) is 0 Å². The van der Waals surface area contributed by atoms with Crippen LogP contribution in [-0.2, 0) is 0 Å². The third-order valence-electron chi connectivity index (χ3n) is 6.18. The minimum atomic E-state index is 0.756. The fraction of sp³-hybridized carbons (Fsp3) is 0.0769. The van der Waals surface area contributed by atoms with Crippen LogP contribution in [0.2, 0.25) is 0 Å². The average molecular weight is 361 g/mol. The van der Waals surface area contributed by atoms with Crippen molar-refractivity contribution in [2.45, 2.75) is 0 Å². The topological polar surface area (TPSA) is 4.93 Å². The fourth-order valence-electron chi connectivity index (χ4n) is 4.98. The van der Waals surface area contributed by atoms with Gasteiger partial charge in [0.05, 0.1) is 25.2 Å². The molecule has 0 amide bonds. The summed E-state index contributed by atoms with van der Waals surface area (Å²) in [5, 5.41) is 2.62. The smallest absolute Gasteiger partial charge is 0.170 e. The molecule has 1 aliphatic rings. The lowest BCUT2D eigenvalue weighted by molar-refractivity contribution is 0.571. The molecule has 1 aliphatic heterocycles. The second-order valence-corrected chi connectivity index (χ2v) is 8.02. The van der Waals surface area contributed by atoms with Gasteiger partial charge in [0.15, 0.2) is 5.69 Å². The Morgan fingerprint density at radius 1 is 0.607 bits per heavy atom. The lowest BCUT2D eigenvalue weighted by Crippen LogP contribution is -2.32. The van der Waals surface area contributed by atoms with Crippen LogP contribution in [0.25, 0.3) is 38.6 Å². The van der Waals surface area contributed by atoms with Crippen LogP contribution in [0, 0.1) is 0 Å². The zero-order valence-corrected chi connectivity index (χ0v) is 16.1. The molecular weight excluding hydrogens is 340 g/mol. The van der Waals surface area contributed by atoms with E-state index in [-0.39, 0.29) is 0 Å². The van der Waals surface area contributed by atoms with Crippen molar-refractivity contribution in [3.05, 3.63) is 91.0 Å². The summed E-state index contributed by atoms with van der Waals surface area (Å²) in [6, 6.07) is 32.9. The van der Waals surface area contributed by atoms with Gasteiger partial charge in [-0.3, -0.25) is 4.48 Å². The molecule has 2 heterocycles. The standard InChI is InChI=1S/C26H21N2/c1-28(2)24-15-9-7-13-20(24)22-17-16-21-19-12-6-8-14-23(19)27(25(21)26(22)28)18-10-4-3-5-11-18/h3-17H,1-2H3/q+1. The molecule has 5 aromatic rings. The Labute approximate surface area is 164 Å². The van der Waals surface area contributed by atoms with E-state index < -0.39 is 0 Å². The third kappa shape index (κ3) is 1.85. The van der Waals surface area contributed by atoms with Crippen molar-refractivity contribution < 1.29 is 0 Å². The lowest BCUT2D eigenvalue weighted by Gasteiger charge is -2.26. The first kappa shape index (κ1) is 15.7. The van der Waals surface area contributed by atoms with Gasteiger partial charge in [-0.15, -0.1) is 0 Å². The van der Waals surface area contributed by atoms with Gasteiger partial charge < -0.3 is 4.57 Å². The first-order chi connectivity index (χ1) is 13.7. The molecule has 0 saturated carbocycles. The highest BCUT2D eigenvalue weighted by Crippen LogP contribution is 2.55. The Morgan fingerprint density at radius 2 is 1.32 bits per heavy atom. The predicted octanol–water partition coefficient (Wildman–Crippen LogP) is 6.66. The van der Waals surface area contributed by atoms with Crippen LogP contribution in [0.3, 0.4) is 0 Å². The number of benzene rings is 4. The summed E-state index contributed by atoms with van der Waals surface area (Å²) in [5.74, 6) is 0. The Morgan fingerprint density at radius 3 is 2.18 bits per heavy atom. The van der Waals surface area contributed by atoms with Crippen LogP contribution in [0.1, 0.15) is 0 Å². The minimum absolute atomic E-state index is 0.756. The quantitative estimate of drug-likeness (QED) is 0.294. The second kappa shape index (κ2) is 5.34. The van der Waals surface area contributed by atoms with Crippen LogP contribution >= 0.6 is 0 Å². The Balaban J connectivity index is 1.86. The number of hydrogen-bond acceptors (Lipinski definition) is 0. The zero-order valence-electron chi connectivity index (χ0n) is 16.1. The molecule has 0 radical (unpaired) electrons.